The number of para-hydroxylation sites is 3. The van der Waals surface area contributed by atoms with Crippen LogP contribution >= 0.6 is 11.6 Å². The number of anilines is 2. The topological polar surface area (TPSA) is 49.6 Å². The molecule has 1 saturated heterocycles. The largest absolute Gasteiger partial charge is 0.367 e. The molecule has 1 heterocycles. The third-order valence-corrected chi connectivity index (χ3v) is 4.21. The quantitative estimate of drug-likeness (QED) is 0.641. The third-order valence-electron chi connectivity index (χ3n) is 3.89. The van der Waals surface area contributed by atoms with E-state index < -0.39 is 0 Å². The van der Waals surface area contributed by atoms with Gasteiger partial charge in [0.1, 0.15) is 5.69 Å². The first kappa shape index (κ1) is 14.7. The summed E-state index contributed by atoms with van der Waals surface area (Å²) in [5.41, 5.74) is 1.87. The minimum absolute atomic E-state index is 0.161. The highest BCUT2D eigenvalue weighted by Gasteiger charge is 2.23. The summed E-state index contributed by atoms with van der Waals surface area (Å²) < 4.78 is 0. The Hall–Kier alpha value is -2.27. The number of halogens is 1. The number of hydrogen-bond donors (Lipinski definition) is 0. The summed E-state index contributed by atoms with van der Waals surface area (Å²) in [6.45, 7) is 3.04. The minimum atomic E-state index is -0.324. The molecule has 1 aliphatic heterocycles. The van der Waals surface area contributed by atoms with E-state index in [1.165, 1.54) is 0 Å². The maximum atomic E-state index is 11.1. The van der Waals surface area contributed by atoms with Gasteiger partial charge >= 0.3 is 0 Å². The number of nitro groups is 1. The molecule has 1 fully saturated rings. The summed E-state index contributed by atoms with van der Waals surface area (Å²) in [6.07, 6.45) is 0. The zero-order valence-electron chi connectivity index (χ0n) is 12.0. The molecule has 114 valence electrons. The van der Waals surface area contributed by atoms with Crippen LogP contribution in [0.3, 0.4) is 0 Å². The maximum absolute atomic E-state index is 11.1. The van der Waals surface area contributed by atoms with E-state index in [0.717, 1.165) is 36.9 Å². The first-order chi connectivity index (χ1) is 10.7. The summed E-state index contributed by atoms with van der Waals surface area (Å²) in [5.74, 6) is 0. The Morgan fingerprint density at radius 3 is 1.95 bits per heavy atom. The van der Waals surface area contributed by atoms with E-state index in [4.69, 9.17) is 11.6 Å². The van der Waals surface area contributed by atoms with Crippen LogP contribution in [0.2, 0.25) is 5.02 Å². The van der Waals surface area contributed by atoms with Crippen LogP contribution in [-0.2, 0) is 0 Å². The van der Waals surface area contributed by atoms with Gasteiger partial charge in [0.25, 0.3) is 5.69 Å². The maximum Gasteiger partial charge on any atom is 0.292 e. The molecule has 0 spiro atoms. The first-order valence-corrected chi connectivity index (χ1v) is 7.52. The predicted molar refractivity (Wildman–Crippen MR) is 89.0 cm³/mol. The van der Waals surface area contributed by atoms with E-state index in [-0.39, 0.29) is 10.6 Å². The second-order valence-corrected chi connectivity index (χ2v) is 5.58. The molecule has 0 radical (unpaired) electrons. The van der Waals surface area contributed by atoms with E-state index in [1.807, 2.05) is 36.4 Å². The van der Waals surface area contributed by atoms with Gasteiger partial charge in [0, 0.05) is 32.2 Å². The lowest BCUT2D eigenvalue weighted by Gasteiger charge is -2.37. The Labute approximate surface area is 133 Å². The van der Waals surface area contributed by atoms with Crippen molar-refractivity contribution in [3.8, 4) is 0 Å². The van der Waals surface area contributed by atoms with E-state index in [0.29, 0.717) is 5.69 Å². The molecule has 5 nitrogen and oxygen atoms in total. The normalized spacial score (nSPS) is 15.0. The zero-order valence-corrected chi connectivity index (χ0v) is 12.7. The Morgan fingerprint density at radius 2 is 1.36 bits per heavy atom. The van der Waals surface area contributed by atoms with Crippen molar-refractivity contribution in [2.24, 2.45) is 0 Å². The van der Waals surface area contributed by atoms with Crippen LogP contribution in [0.1, 0.15) is 0 Å². The van der Waals surface area contributed by atoms with Crippen LogP contribution in [0.15, 0.2) is 48.5 Å². The molecule has 0 bridgehead atoms. The molecule has 0 saturated carbocycles. The molecule has 1 aliphatic rings. The molecule has 0 unspecified atom stereocenters. The van der Waals surface area contributed by atoms with Crippen molar-refractivity contribution in [2.75, 3.05) is 36.0 Å². The molecular weight excluding hydrogens is 302 g/mol. The molecule has 2 aromatic rings. The van der Waals surface area contributed by atoms with Crippen molar-refractivity contribution in [2.45, 2.75) is 0 Å². The highest BCUT2D eigenvalue weighted by molar-refractivity contribution is 6.33. The van der Waals surface area contributed by atoms with Crippen molar-refractivity contribution in [3.63, 3.8) is 0 Å². The first-order valence-electron chi connectivity index (χ1n) is 7.14. The van der Waals surface area contributed by atoms with Gasteiger partial charge in [0.15, 0.2) is 0 Å². The van der Waals surface area contributed by atoms with Gasteiger partial charge in [-0.1, -0.05) is 35.9 Å². The molecule has 0 aliphatic carbocycles. The molecule has 22 heavy (non-hydrogen) atoms. The molecule has 3 rings (SSSR count). The molecular formula is C16H16ClN3O2. The lowest BCUT2D eigenvalue weighted by Crippen LogP contribution is -2.46. The third kappa shape index (κ3) is 2.85. The van der Waals surface area contributed by atoms with Crippen LogP contribution in [0, 0.1) is 10.1 Å². The molecule has 0 N–H and O–H groups in total. The van der Waals surface area contributed by atoms with Gasteiger partial charge in [0.05, 0.1) is 15.6 Å². The Bertz CT molecular complexity index is 685. The van der Waals surface area contributed by atoms with Gasteiger partial charge < -0.3 is 9.80 Å². The minimum Gasteiger partial charge on any atom is -0.367 e. The summed E-state index contributed by atoms with van der Waals surface area (Å²) in [4.78, 5) is 15.1. The molecule has 0 atom stereocenters. The Balaban J connectivity index is 1.75. The van der Waals surface area contributed by atoms with Crippen molar-refractivity contribution in [1.29, 1.82) is 0 Å². The Morgan fingerprint density at radius 1 is 0.864 bits per heavy atom. The number of nitro benzene ring substituents is 1. The van der Waals surface area contributed by atoms with Crippen LogP contribution in [0.4, 0.5) is 17.1 Å². The standard InChI is InChI=1S/C16H16ClN3O2/c17-13-5-1-2-6-14(13)18-9-11-19(12-10-18)15-7-3-4-8-16(15)20(21)22/h1-8H,9-12H2. The summed E-state index contributed by atoms with van der Waals surface area (Å²) in [7, 11) is 0. The van der Waals surface area contributed by atoms with E-state index in [1.54, 1.807) is 12.1 Å². The highest BCUT2D eigenvalue weighted by Crippen LogP contribution is 2.30. The summed E-state index contributed by atoms with van der Waals surface area (Å²) >= 11 is 6.23. The fraction of sp³-hybridized carbons (Fsp3) is 0.250. The lowest BCUT2D eigenvalue weighted by atomic mass is 10.2. The van der Waals surface area contributed by atoms with Crippen molar-refractivity contribution in [3.05, 3.63) is 63.7 Å². The summed E-state index contributed by atoms with van der Waals surface area (Å²) in [5, 5.41) is 11.9. The van der Waals surface area contributed by atoms with Gasteiger partial charge in [0.2, 0.25) is 0 Å². The van der Waals surface area contributed by atoms with E-state index in [9.17, 15) is 10.1 Å². The van der Waals surface area contributed by atoms with Crippen molar-refractivity contribution in [1.82, 2.24) is 0 Å². The Kier molecular flexibility index (Phi) is 4.15. The molecule has 6 heteroatoms. The SMILES string of the molecule is O=[N+]([O-])c1ccccc1N1CCN(c2ccccc2Cl)CC1. The van der Waals surface area contributed by atoms with Gasteiger partial charge in [-0.05, 0) is 18.2 Å². The van der Waals surface area contributed by atoms with Crippen LogP contribution < -0.4 is 9.80 Å². The second kappa shape index (κ2) is 6.23. The van der Waals surface area contributed by atoms with Crippen LogP contribution in [0.5, 0.6) is 0 Å². The molecule has 2 aromatic carbocycles. The van der Waals surface area contributed by atoms with Gasteiger partial charge in [-0.2, -0.15) is 0 Å². The number of nitrogens with zero attached hydrogens (tertiary/aromatic N) is 3. The van der Waals surface area contributed by atoms with Crippen LogP contribution in [-0.4, -0.2) is 31.1 Å². The number of rotatable bonds is 3. The fourth-order valence-corrected chi connectivity index (χ4v) is 3.04. The highest BCUT2D eigenvalue weighted by atomic mass is 35.5. The molecule has 0 aromatic heterocycles. The van der Waals surface area contributed by atoms with Crippen molar-refractivity contribution >= 4 is 28.7 Å². The smallest absolute Gasteiger partial charge is 0.292 e. The van der Waals surface area contributed by atoms with E-state index >= 15 is 0 Å². The lowest BCUT2D eigenvalue weighted by molar-refractivity contribution is -0.384. The average Bonchev–Trinajstić information content (AvgIpc) is 2.55. The summed E-state index contributed by atoms with van der Waals surface area (Å²) in [6, 6.07) is 14.7. The van der Waals surface area contributed by atoms with Gasteiger partial charge in [-0.15, -0.1) is 0 Å². The number of piperazine rings is 1. The molecule has 0 amide bonds. The van der Waals surface area contributed by atoms with Gasteiger partial charge in [-0.25, -0.2) is 0 Å². The van der Waals surface area contributed by atoms with Gasteiger partial charge in [-0.3, -0.25) is 10.1 Å². The average molecular weight is 318 g/mol. The monoisotopic (exact) mass is 317 g/mol. The van der Waals surface area contributed by atoms with Crippen LogP contribution in [0.25, 0.3) is 0 Å². The predicted octanol–water partition coefficient (Wildman–Crippen LogP) is 3.57. The number of benzene rings is 2. The number of hydrogen-bond acceptors (Lipinski definition) is 4. The fourth-order valence-electron chi connectivity index (χ4n) is 2.78. The second-order valence-electron chi connectivity index (χ2n) is 5.17. The zero-order chi connectivity index (χ0) is 15.5. The van der Waals surface area contributed by atoms with Crippen molar-refractivity contribution < 1.29 is 4.92 Å². The van der Waals surface area contributed by atoms with E-state index in [2.05, 4.69) is 9.80 Å².